The van der Waals surface area contributed by atoms with E-state index in [4.69, 9.17) is 0 Å². The van der Waals surface area contributed by atoms with Gasteiger partial charge in [-0.2, -0.15) is 0 Å². The van der Waals surface area contributed by atoms with Crippen LogP contribution in [0.2, 0.25) is 0 Å². The van der Waals surface area contributed by atoms with Crippen molar-refractivity contribution in [2.45, 2.75) is 53.4 Å². The van der Waals surface area contributed by atoms with Crippen LogP contribution in [0.3, 0.4) is 0 Å². The summed E-state index contributed by atoms with van der Waals surface area (Å²) in [5.74, 6) is 1.16. The summed E-state index contributed by atoms with van der Waals surface area (Å²) in [7, 11) is 0. The Labute approximate surface area is 94.0 Å². The van der Waals surface area contributed by atoms with E-state index in [0.29, 0.717) is 5.91 Å². The van der Waals surface area contributed by atoms with Crippen LogP contribution in [0.25, 0.3) is 0 Å². The fraction of sp³-hybridized carbons (Fsp3) is 0.923. The van der Waals surface area contributed by atoms with Crippen molar-refractivity contribution >= 4 is 5.91 Å². The van der Waals surface area contributed by atoms with E-state index < -0.39 is 0 Å². The molecule has 1 rings (SSSR count). The molecule has 0 aromatic heterocycles. The highest BCUT2D eigenvalue weighted by Gasteiger charge is 2.21. The van der Waals surface area contributed by atoms with Gasteiger partial charge in [-0.15, -0.1) is 0 Å². The van der Waals surface area contributed by atoms with Crippen LogP contribution in [0.5, 0.6) is 0 Å². The molecule has 2 nitrogen and oxygen atoms in total. The molecule has 1 aliphatic rings. The fourth-order valence-electron chi connectivity index (χ4n) is 1.90. The second kappa shape index (κ2) is 5.00. The zero-order valence-corrected chi connectivity index (χ0v) is 10.7. The molecule has 0 bridgehead atoms. The molecule has 1 amide bonds. The van der Waals surface area contributed by atoms with E-state index >= 15 is 0 Å². The van der Waals surface area contributed by atoms with Crippen LogP contribution < -0.4 is 0 Å². The monoisotopic (exact) mass is 211 g/mol. The van der Waals surface area contributed by atoms with Crippen LogP contribution in [0.15, 0.2) is 0 Å². The molecule has 88 valence electrons. The Bertz CT molecular complexity index is 209. The Morgan fingerprint density at radius 1 is 1.27 bits per heavy atom. The van der Waals surface area contributed by atoms with Gasteiger partial charge in [-0.05, 0) is 30.6 Å². The first-order chi connectivity index (χ1) is 6.88. The molecule has 1 heterocycles. The van der Waals surface area contributed by atoms with Gasteiger partial charge in [-0.3, -0.25) is 4.79 Å². The number of amides is 1. The summed E-state index contributed by atoms with van der Waals surface area (Å²) in [6.07, 6.45) is 4.08. The van der Waals surface area contributed by atoms with E-state index in [1.165, 1.54) is 12.8 Å². The van der Waals surface area contributed by atoms with Crippen LogP contribution >= 0.6 is 0 Å². The molecule has 1 aliphatic heterocycles. The van der Waals surface area contributed by atoms with Gasteiger partial charge in [0.25, 0.3) is 0 Å². The van der Waals surface area contributed by atoms with Crippen LogP contribution in [-0.4, -0.2) is 23.9 Å². The first-order valence-electron chi connectivity index (χ1n) is 6.16. The van der Waals surface area contributed by atoms with E-state index in [2.05, 4.69) is 27.7 Å². The number of carbonyl (C=O) groups excluding carboxylic acids is 1. The molecular weight excluding hydrogens is 186 g/mol. The Balaban J connectivity index is 2.29. The number of hydrogen-bond donors (Lipinski definition) is 0. The lowest BCUT2D eigenvalue weighted by atomic mass is 9.90. The molecule has 0 aromatic carbocycles. The number of rotatable bonds is 2. The van der Waals surface area contributed by atoms with E-state index in [1.54, 1.807) is 0 Å². The first-order valence-corrected chi connectivity index (χ1v) is 6.16. The maximum atomic E-state index is 11.9. The fourth-order valence-corrected chi connectivity index (χ4v) is 1.90. The summed E-state index contributed by atoms with van der Waals surface area (Å²) in [6.45, 7) is 10.8. The van der Waals surface area contributed by atoms with Gasteiger partial charge in [-0.25, -0.2) is 0 Å². The molecule has 0 atom stereocenters. The standard InChI is InChI=1S/C13H25NO/c1-11-6-9-14(10-7-11)12(15)5-8-13(2,3)4/h11H,5-10H2,1-4H3. The minimum absolute atomic E-state index is 0.277. The molecule has 0 spiro atoms. The van der Waals surface area contributed by atoms with Crippen molar-refractivity contribution in [1.82, 2.24) is 4.90 Å². The van der Waals surface area contributed by atoms with E-state index in [1.807, 2.05) is 4.90 Å². The van der Waals surface area contributed by atoms with Crippen molar-refractivity contribution in [2.24, 2.45) is 11.3 Å². The minimum Gasteiger partial charge on any atom is -0.343 e. The smallest absolute Gasteiger partial charge is 0.222 e. The summed E-state index contributed by atoms with van der Waals surface area (Å²) in [6, 6.07) is 0. The lowest BCUT2D eigenvalue weighted by Crippen LogP contribution is -2.38. The lowest BCUT2D eigenvalue weighted by Gasteiger charge is -2.31. The molecule has 15 heavy (non-hydrogen) atoms. The number of carbonyl (C=O) groups is 1. The molecule has 1 saturated heterocycles. The third-order valence-corrected chi connectivity index (χ3v) is 3.23. The zero-order chi connectivity index (χ0) is 11.5. The van der Waals surface area contributed by atoms with E-state index in [0.717, 1.165) is 31.8 Å². The van der Waals surface area contributed by atoms with Gasteiger partial charge in [0.15, 0.2) is 0 Å². The van der Waals surface area contributed by atoms with E-state index in [9.17, 15) is 4.79 Å². The largest absolute Gasteiger partial charge is 0.343 e. The van der Waals surface area contributed by atoms with Crippen LogP contribution in [-0.2, 0) is 4.79 Å². The molecule has 1 fully saturated rings. The average molecular weight is 211 g/mol. The maximum absolute atomic E-state index is 11.9. The van der Waals surface area contributed by atoms with Crippen molar-refractivity contribution in [3.05, 3.63) is 0 Å². The van der Waals surface area contributed by atoms with Gasteiger partial charge < -0.3 is 4.90 Å². The Kier molecular flexibility index (Phi) is 4.18. The average Bonchev–Trinajstić information content (AvgIpc) is 2.14. The molecule has 0 radical (unpaired) electrons. The van der Waals surface area contributed by atoms with Gasteiger partial charge in [0.1, 0.15) is 0 Å². The van der Waals surface area contributed by atoms with Crippen molar-refractivity contribution in [2.75, 3.05) is 13.1 Å². The summed E-state index contributed by atoms with van der Waals surface area (Å²) in [5, 5.41) is 0. The minimum atomic E-state index is 0.277. The van der Waals surface area contributed by atoms with Gasteiger partial charge in [0, 0.05) is 19.5 Å². The first kappa shape index (κ1) is 12.5. The Hall–Kier alpha value is -0.530. The predicted molar refractivity (Wildman–Crippen MR) is 63.7 cm³/mol. The quantitative estimate of drug-likeness (QED) is 0.687. The molecule has 0 aromatic rings. The number of nitrogens with zero attached hydrogens (tertiary/aromatic N) is 1. The predicted octanol–water partition coefficient (Wildman–Crippen LogP) is 3.07. The lowest BCUT2D eigenvalue weighted by molar-refractivity contribution is -0.133. The molecule has 0 N–H and O–H groups in total. The van der Waals surface area contributed by atoms with Crippen LogP contribution in [0.1, 0.15) is 53.4 Å². The highest BCUT2D eigenvalue weighted by atomic mass is 16.2. The van der Waals surface area contributed by atoms with Crippen molar-refractivity contribution < 1.29 is 4.79 Å². The number of hydrogen-bond acceptors (Lipinski definition) is 1. The Morgan fingerprint density at radius 3 is 2.27 bits per heavy atom. The molecule has 0 unspecified atom stereocenters. The summed E-state index contributed by atoms with van der Waals surface area (Å²) < 4.78 is 0. The van der Waals surface area contributed by atoms with Gasteiger partial charge in [0.2, 0.25) is 5.91 Å². The van der Waals surface area contributed by atoms with Gasteiger partial charge in [-0.1, -0.05) is 27.7 Å². The third kappa shape index (κ3) is 4.67. The Morgan fingerprint density at radius 2 is 1.80 bits per heavy atom. The third-order valence-electron chi connectivity index (χ3n) is 3.23. The highest BCUT2D eigenvalue weighted by molar-refractivity contribution is 5.76. The molecular formula is C13H25NO. The van der Waals surface area contributed by atoms with Crippen molar-refractivity contribution in [3.63, 3.8) is 0 Å². The van der Waals surface area contributed by atoms with Gasteiger partial charge >= 0.3 is 0 Å². The number of likely N-dealkylation sites (tertiary alicyclic amines) is 1. The second-order valence-corrected chi connectivity index (χ2v) is 6.12. The normalized spacial score (nSPS) is 19.3. The molecule has 0 aliphatic carbocycles. The van der Waals surface area contributed by atoms with Crippen molar-refractivity contribution in [1.29, 1.82) is 0 Å². The zero-order valence-electron chi connectivity index (χ0n) is 10.7. The van der Waals surface area contributed by atoms with E-state index in [-0.39, 0.29) is 5.41 Å². The van der Waals surface area contributed by atoms with Crippen LogP contribution in [0.4, 0.5) is 0 Å². The highest BCUT2D eigenvalue weighted by Crippen LogP contribution is 2.22. The maximum Gasteiger partial charge on any atom is 0.222 e. The van der Waals surface area contributed by atoms with Crippen LogP contribution in [0, 0.1) is 11.3 Å². The molecule has 2 heteroatoms. The van der Waals surface area contributed by atoms with Crippen molar-refractivity contribution in [3.8, 4) is 0 Å². The summed E-state index contributed by atoms with van der Waals surface area (Å²) in [4.78, 5) is 13.9. The summed E-state index contributed by atoms with van der Waals surface area (Å²) in [5.41, 5.74) is 0.277. The SMILES string of the molecule is CC1CCN(C(=O)CCC(C)(C)C)CC1. The number of piperidine rings is 1. The summed E-state index contributed by atoms with van der Waals surface area (Å²) >= 11 is 0. The topological polar surface area (TPSA) is 20.3 Å². The molecule has 0 saturated carbocycles. The second-order valence-electron chi connectivity index (χ2n) is 6.12. The van der Waals surface area contributed by atoms with Gasteiger partial charge in [0.05, 0.1) is 0 Å².